The van der Waals surface area contributed by atoms with Gasteiger partial charge in [0, 0.05) is 38.4 Å². The Morgan fingerprint density at radius 1 is 1.16 bits per heavy atom. The van der Waals surface area contributed by atoms with Crippen molar-refractivity contribution in [2.75, 3.05) is 58.8 Å². The summed E-state index contributed by atoms with van der Waals surface area (Å²) in [6.07, 6.45) is 6.30. The van der Waals surface area contributed by atoms with Crippen LogP contribution < -0.4 is 4.74 Å². The Labute approximate surface area is 195 Å². The summed E-state index contributed by atoms with van der Waals surface area (Å²) in [6.45, 7) is 8.12. The molecule has 0 radical (unpaired) electrons. The van der Waals surface area contributed by atoms with Crippen molar-refractivity contribution in [3.05, 3.63) is 30.6 Å². The van der Waals surface area contributed by atoms with Crippen LogP contribution in [-0.2, 0) is 9.53 Å². The van der Waals surface area contributed by atoms with E-state index in [0.717, 1.165) is 70.2 Å². The minimum Gasteiger partial charge on any atom is -0.497 e. The molecule has 0 atom stereocenters. The van der Waals surface area contributed by atoms with Crippen molar-refractivity contribution in [3.63, 3.8) is 0 Å². The standard InChI is InChI=1S/C23H35N5O3S/c1-3-4-5-6-11-27(13-12-26-14-16-31-17-15-26)22(29)18-32-23-25-24-19-28(23)20-7-9-21(30-2)10-8-20/h7-10,19H,3-6,11-18H2,1-2H3. The second-order valence-electron chi connectivity index (χ2n) is 7.87. The van der Waals surface area contributed by atoms with Gasteiger partial charge >= 0.3 is 0 Å². The van der Waals surface area contributed by atoms with Crippen LogP contribution in [0.1, 0.15) is 32.6 Å². The van der Waals surface area contributed by atoms with Crippen molar-refractivity contribution in [1.82, 2.24) is 24.6 Å². The third kappa shape index (κ3) is 7.50. The number of hydrogen-bond donors (Lipinski definition) is 0. The van der Waals surface area contributed by atoms with Gasteiger partial charge in [-0.05, 0) is 30.7 Å². The van der Waals surface area contributed by atoms with Crippen LogP contribution in [0.2, 0.25) is 0 Å². The number of benzene rings is 1. The zero-order chi connectivity index (χ0) is 22.6. The number of carbonyl (C=O) groups is 1. The van der Waals surface area contributed by atoms with E-state index in [4.69, 9.17) is 9.47 Å². The molecule has 1 aliphatic heterocycles. The third-order valence-corrected chi connectivity index (χ3v) is 6.54. The Morgan fingerprint density at radius 3 is 2.66 bits per heavy atom. The van der Waals surface area contributed by atoms with Crippen LogP contribution in [0.15, 0.2) is 35.7 Å². The molecule has 3 rings (SSSR count). The Bertz CT molecular complexity index is 808. The number of morpholine rings is 1. The summed E-state index contributed by atoms with van der Waals surface area (Å²) in [5, 5.41) is 8.98. The van der Waals surface area contributed by atoms with Crippen molar-refractivity contribution in [1.29, 1.82) is 0 Å². The maximum atomic E-state index is 13.1. The average Bonchev–Trinajstić information content (AvgIpc) is 3.31. The number of rotatable bonds is 13. The maximum Gasteiger partial charge on any atom is 0.233 e. The molecule has 176 valence electrons. The zero-order valence-corrected chi connectivity index (χ0v) is 20.1. The molecule has 0 bridgehead atoms. The highest BCUT2D eigenvalue weighted by molar-refractivity contribution is 7.99. The normalized spacial score (nSPS) is 14.4. The lowest BCUT2D eigenvalue weighted by molar-refractivity contribution is -0.128. The van der Waals surface area contributed by atoms with E-state index in [0.29, 0.717) is 10.9 Å². The van der Waals surface area contributed by atoms with Crippen LogP contribution in [-0.4, -0.2) is 89.3 Å². The molecule has 1 fully saturated rings. The number of amides is 1. The first-order valence-electron chi connectivity index (χ1n) is 11.5. The van der Waals surface area contributed by atoms with Crippen LogP contribution in [0.25, 0.3) is 5.69 Å². The number of carbonyl (C=O) groups excluding carboxylic acids is 1. The van der Waals surface area contributed by atoms with E-state index in [-0.39, 0.29) is 5.91 Å². The summed E-state index contributed by atoms with van der Waals surface area (Å²) < 4.78 is 12.6. The number of nitrogens with zero attached hydrogens (tertiary/aromatic N) is 5. The SMILES string of the molecule is CCCCCCN(CCN1CCOCC1)C(=O)CSc1nncn1-c1ccc(OC)cc1. The lowest BCUT2D eigenvalue weighted by atomic mass is 10.2. The van der Waals surface area contributed by atoms with Gasteiger partial charge in [-0.1, -0.05) is 37.9 Å². The summed E-state index contributed by atoms with van der Waals surface area (Å²) in [4.78, 5) is 17.5. The number of ether oxygens (including phenoxy) is 2. The van der Waals surface area contributed by atoms with Crippen LogP contribution in [0, 0.1) is 0 Å². The topological polar surface area (TPSA) is 72.7 Å². The lowest BCUT2D eigenvalue weighted by Crippen LogP contribution is -2.43. The molecule has 0 saturated carbocycles. The van der Waals surface area contributed by atoms with Gasteiger partial charge in [-0.25, -0.2) is 0 Å². The molecule has 0 unspecified atom stereocenters. The van der Waals surface area contributed by atoms with E-state index in [9.17, 15) is 4.79 Å². The summed E-state index contributed by atoms with van der Waals surface area (Å²) in [5.74, 6) is 1.31. The first-order valence-corrected chi connectivity index (χ1v) is 12.4. The van der Waals surface area contributed by atoms with Gasteiger partial charge in [-0.2, -0.15) is 0 Å². The molecule has 1 saturated heterocycles. The van der Waals surface area contributed by atoms with Crippen LogP contribution >= 0.6 is 11.8 Å². The summed E-state index contributed by atoms with van der Waals surface area (Å²) in [5.41, 5.74) is 0.939. The first kappa shape index (κ1) is 24.5. The van der Waals surface area contributed by atoms with Gasteiger partial charge in [0.25, 0.3) is 0 Å². The highest BCUT2D eigenvalue weighted by Gasteiger charge is 2.18. The molecule has 0 aliphatic carbocycles. The fourth-order valence-electron chi connectivity index (χ4n) is 3.64. The van der Waals surface area contributed by atoms with E-state index in [1.807, 2.05) is 33.7 Å². The smallest absolute Gasteiger partial charge is 0.233 e. The molecule has 0 spiro atoms. The van der Waals surface area contributed by atoms with Crippen molar-refractivity contribution in [3.8, 4) is 11.4 Å². The summed E-state index contributed by atoms with van der Waals surface area (Å²) in [7, 11) is 1.65. The highest BCUT2D eigenvalue weighted by Crippen LogP contribution is 2.22. The summed E-state index contributed by atoms with van der Waals surface area (Å²) >= 11 is 1.43. The van der Waals surface area contributed by atoms with Crippen LogP contribution in [0.5, 0.6) is 5.75 Å². The Morgan fingerprint density at radius 2 is 1.94 bits per heavy atom. The van der Waals surface area contributed by atoms with Crippen LogP contribution in [0.4, 0.5) is 0 Å². The second kappa shape index (κ2) is 13.4. The molecule has 1 aliphatic rings. The number of unbranched alkanes of at least 4 members (excludes halogenated alkanes) is 3. The zero-order valence-electron chi connectivity index (χ0n) is 19.2. The molecule has 2 heterocycles. The van der Waals surface area contributed by atoms with Gasteiger partial charge in [0.2, 0.25) is 5.91 Å². The predicted molar refractivity (Wildman–Crippen MR) is 127 cm³/mol. The monoisotopic (exact) mass is 461 g/mol. The van der Waals surface area contributed by atoms with Crippen molar-refractivity contribution in [2.45, 2.75) is 37.8 Å². The van der Waals surface area contributed by atoms with Crippen molar-refractivity contribution < 1.29 is 14.3 Å². The molecular formula is C23H35N5O3S. The van der Waals surface area contributed by atoms with Crippen molar-refractivity contribution >= 4 is 17.7 Å². The fraction of sp³-hybridized carbons (Fsp3) is 0.609. The molecule has 32 heavy (non-hydrogen) atoms. The molecule has 8 nitrogen and oxygen atoms in total. The first-order chi connectivity index (χ1) is 15.7. The van der Waals surface area contributed by atoms with Gasteiger partial charge in [0.15, 0.2) is 5.16 Å². The lowest BCUT2D eigenvalue weighted by Gasteiger charge is -2.30. The summed E-state index contributed by atoms with van der Waals surface area (Å²) in [6, 6.07) is 7.71. The van der Waals surface area contributed by atoms with E-state index in [1.54, 1.807) is 13.4 Å². The van der Waals surface area contributed by atoms with E-state index < -0.39 is 0 Å². The quantitative estimate of drug-likeness (QED) is 0.335. The number of thioether (sulfide) groups is 1. The molecule has 1 aromatic heterocycles. The molecular weight excluding hydrogens is 426 g/mol. The second-order valence-corrected chi connectivity index (χ2v) is 8.81. The Hall–Kier alpha value is -2.10. The molecule has 1 amide bonds. The Balaban J connectivity index is 1.56. The minimum atomic E-state index is 0.157. The average molecular weight is 462 g/mol. The molecule has 2 aromatic rings. The third-order valence-electron chi connectivity index (χ3n) is 5.62. The van der Waals surface area contributed by atoms with Gasteiger partial charge in [0.1, 0.15) is 12.1 Å². The van der Waals surface area contributed by atoms with Crippen LogP contribution in [0.3, 0.4) is 0 Å². The number of methoxy groups -OCH3 is 1. The van der Waals surface area contributed by atoms with Gasteiger partial charge < -0.3 is 14.4 Å². The van der Waals surface area contributed by atoms with Gasteiger partial charge in [-0.15, -0.1) is 10.2 Å². The van der Waals surface area contributed by atoms with Gasteiger partial charge in [-0.3, -0.25) is 14.3 Å². The van der Waals surface area contributed by atoms with Crippen molar-refractivity contribution in [2.24, 2.45) is 0 Å². The maximum absolute atomic E-state index is 13.1. The minimum absolute atomic E-state index is 0.157. The molecule has 9 heteroatoms. The van der Waals surface area contributed by atoms with E-state index in [2.05, 4.69) is 22.0 Å². The fourth-order valence-corrected chi connectivity index (χ4v) is 4.47. The van der Waals surface area contributed by atoms with Gasteiger partial charge in [0.05, 0.1) is 26.1 Å². The largest absolute Gasteiger partial charge is 0.497 e. The number of hydrogen-bond acceptors (Lipinski definition) is 7. The van der Waals surface area contributed by atoms with E-state index >= 15 is 0 Å². The Kier molecular flexibility index (Phi) is 10.3. The molecule has 0 N–H and O–H groups in total. The number of aromatic nitrogens is 3. The molecule has 1 aromatic carbocycles. The van der Waals surface area contributed by atoms with E-state index in [1.165, 1.54) is 24.6 Å². The highest BCUT2D eigenvalue weighted by atomic mass is 32.2. The predicted octanol–water partition coefficient (Wildman–Crippen LogP) is 3.11.